The van der Waals surface area contributed by atoms with E-state index in [2.05, 4.69) is 20.4 Å². The van der Waals surface area contributed by atoms with Gasteiger partial charge in [0, 0.05) is 59.7 Å². The average molecular weight is 694 g/mol. The summed E-state index contributed by atoms with van der Waals surface area (Å²) >= 11 is 6.56. The Balaban J connectivity index is 1.51. The molecule has 3 aromatic heterocycles. The Labute approximate surface area is 289 Å². The molecule has 0 aliphatic carbocycles. The third-order valence-corrected chi connectivity index (χ3v) is 8.10. The molecule has 1 aromatic carbocycles. The number of rotatable bonds is 5. The van der Waals surface area contributed by atoms with Gasteiger partial charge in [0.25, 0.3) is 0 Å². The number of nitrogens with one attached hydrogen (secondary N) is 1. The third-order valence-electron chi connectivity index (χ3n) is 7.73. The van der Waals surface area contributed by atoms with Crippen LogP contribution in [0.15, 0.2) is 36.8 Å². The summed E-state index contributed by atoms with van der Waals surface area (Å²) < 4.78 is 28.7. The summed E-state index contributed by atoms with van der Waals surface area (Å²) in [6.07, 6.45) is 2.93. The van der Waals surface area contributed by atoms with Crippen LogP contribution in [0.4, 0.5) is 31.3 Å². The Kier molecular flexibility index (Phi) is 9.61. The lowest BCUT2D eigenvalue weighted by Crippen LogP contribution is -2.44. The first-order valence-corrected chi connectivity index (χ1v) is 16.3. The quantitative estimate of drug-likeness (QED) is 0.222. The molecule has 1 aliphatic heterocycles. The Bertz CT molecular complexity index is 1920. The number of fused-ring (bicyclic) bond motifs is 2. The Hall–Kier alpha value is -4.78. The van der Waals surface area contributed by atoms with Crippen LogP contribution in [0.2, 0.25) is 5.02 Å². The molecule has 0 saturated heterocycles. The van der Waals surface area contributed by atoms with Gasteiger partial charge in [0.1, 0.15) is 29.4 Å². The van der Waals surface area contributed by atoms with Crippen LogP contribution in [0.25, 0.3) is 21.9 Å². The van der Waals surface area contributed by atoms with Crippen LogP contribution < -0.4 is 10.2 Å². The first-order chi connectivity index (χ1) is 22.8. The van der Waals surface area contributed by atoms with E-state index in [1.165, 1.54) is 18.6 Å². The van der Waals surface area contributed by atoms with E-state index < -0.39 is 29.2 Å². The zero-order chi connectivity index (χ0) is 36.0. The van der Waals surface area contributed by atoms with Crippen LogP contribution in [0.3, 0.4) is 0 Å². The summed E-state index contributed by atoms with van der Waals surface area (Å²) in [6.45, 7) is 16.4. The van der Waals surface area contributed by atoms with Crippen molar-refractivity contribution < 1.29 is 28.2 Å². The van der Waals surface area contributed by atoms with Gasteiger partial charge < -0.3 is 19.7 Å². The summed E-state index contributed by atoms with van der Waals surface area (Å²) in [6, 6.07) is 5.30. The van der Waals surface area contributed by atoms with E-state index in [9.17, 15) is 14.4 Å². The second-order valence-electron chi connectivity index (χ2n) is 14.2. The molecule has 0 saturated carbocycles. The number of hydrogen-bond acceptors (Lipinski definition) is 9. The van der Waals surface area contributed by atoms with Gasteiger partial charge in [-0.1, -0.05) is 11.6 Å². The molecule has 0 spiro atoms. The maximum Gasteiger partial charge on any atom is 0.424 e. The number of ether oxygens (including phenoxy) is 2. The van der Waals surface area contributed by atoms with Gasteiger partial charge in [-0.15, -0.1) is 0 Å². The number of carbonyl (C=O) groups excluding carboxylic acids is 3. The molecule has 1 aliphatic rings. The molecule has 1 N–H and O–H groups in total. The zero-order valence-corrected chi connectivity index (χ0v) is 29.9. The molecule has 0 radical (unpaired) electrons. The van der Waals surface area contributed by atoms with Crippen LogP contribution in [0.5, 0.6) is 0 Å². The summed E-state index contributed by atoms with van der Waals surface area (Å²) in [5.74, 6) is 0.218. The minimum Gasteiger partial charge on any atom is -0.443 e. The SMILES string of the molecule is Cc1c(-c2cc3cc(Nc4cc5n(n4)CC(=O)N(C(C)C)CC5)ncc3c(Cl)c2F)cncc1N(C(=O)OC(C)(C)C)C(=O)OC(C)(C)C. The van der Waals surface area contributed by atoms with Gasteiger partial charge in [0.2, 0.25) is 5.91 Å². The fourth-order valence-corrected chi connectivity index (χ4v) is 5.76. The highest BCUT2D eigenvalue weighted by atomic mass is 35.5. The topological polar surface area (TPSA) is 132 Å². The van der Waals surface area contributed by atoms with E-state index in [-0.39, 0.29) is 34.8 Å². The lowest BCUT2D eigenvalue weighted by molar-refractivity contribution is -0.133. The zero-order valence-electron chi connectivity index (χ0n) is 29.1. The molecule has 260 valence electrons. The van der Waals surface area contributed by atoms with Gasteiger partial charge in [-0.3, -0.25) is 14.5 Å². The average Bonchev–Trinajstić information content (AvgIpc) is 3.26. The Morgan fingerprint density at radius 3 is 2.24 bits per heavy atom. The van der Waals surface area contributed by atoms with Gasteiger partial charge >= 0.3 is 12.2 Å². The third kappa shape index (κ3) is 7.77. The van der Waals surface area contributed by atoms with Crippen LogP contribution in [-0.4, -0.2) is 66.5 Å². The number of carbonyl (C=O) groups is 3. The van der Waals surface area contributed by atoms with E-state index in [0.717, 1.165) is 10.6 Å². The summed E-state index contributed by atoms with van der Waals surface area (Å²) in [5, 5.41) is 8.54. The highest BCUT2D eigenvalue weighted by molar-refractivity contribution is 6.36. The van der Waals surface area contributed by atoms with Crippen molar-refractivity contribution in [1.82, 2.24) is 24.6 Å². The molecule has 4 aromatic rings. The first-order valence-electron chi connectivity index (χ1n) is 15.9. The molecular formula is C35H41ClFN7O5. The number of anilines is 3. The standard InChI is InChI=1S/C35H41ClFN7O5/c1-19(2)42-11-10-22-14-28(41-43(22)18-29(42)45)40-27-13-21-12-23(31(37)30(36)25(21)16-39-27)24-15-38-17-26(20(24)3)44(32(46)48-34(4,5)6)33(47)49-35(7,8)9/h12-17,19H,10-11,18H2,1-9H3,(H,39,40,41). The van der Waals surface area contributed by atoms with Crippen molar-refractivity contribution in [1.29, 1.82) is 0 Å². The maximum atomic E-state index is 16.0. The van der Waals surface area contributed by atoms with Crippen molar-refractivity contribution in [2.24, 2.45) is 0 Å². The van der Waals surface area contributed by atoms with Crippen molar-refractivity contribution in [2.45, 2.75) is 92.5 Å². The molecule has 49 heavy (non-hydrogen) atoms. The largest absolute Gasteiger partial charge is 0.443 e. The van der Waals surface area contributed by atoms with E-state index in [4.69, 9.17) is 21.1 Å². The minimum absolute atomic E-state index is 0.00518. The Morgan fingerprint density at radius 1 is 0.980 bits per heavy atom. The highest BCUT2D eigenvalue weighted by Gasteiger charge is 2.34. The molecule has 0 atom stereocenters. The highest BCUT2D eigenvalue weighted by Crippen LogP contribution is 2.39. The molecule has 0 unspecified atom stereocenters. The minimum atomic E-state index is -0.971. The summed E-state index contributed by atoms with van der Waals surface area (Å²) in [4.78, 5) is 50.7. The molecule has 5 rings (SSSR count). The van der Waals surface area contributed by atoms with Crippen LogP contribution >= 0.6 is 11.6 Å². The van der Waals surface area contributed by atoms with Crippen molar-refractivity contribution in [2.75, 3.05) is 16.8 Å². The van der Waals surface area contributed by atoms with Crippen molar-refractivity contribution in [3.63, 3.8) is 0 Å². The van der Waals surface area contributed by atoms with E-state index >= 15 is 4.39 Å². The lowest BCUT2D eigenvalue weighted by atomic mass is 9.98. The number of benzene rings is 1. The molecule has 4 heterocycles. The van der Waals surface area contributed by atoms with Crippen molar-refractivity contribution in [3.05, 3.63) is 58.9 Å². The molecule has 12 nitrogen and oxygen atoms in total. The number of halogens is 2. The number of pyridine rings is 2. The number of amides is 3. The van der Waals surface area contributed by atoms with Crippen molar-refractivity contribution >= 4 is 57.8 Å². The molecule has 3 amide bonds. The molecule has 0 fully saturated rings. The monoisotopic (exact) mass is 693 g/mol. The van der Waals surface area contributed by atoms with Crippen molar-refractivity contribution in [3.8, 4) is 11.1 Å². The van der Waals surface area contributed by atoms with Crippen LogP contribution in [-0.2, 0) is 27.2 Å². The smallest absolute Gasteiger partial charge is 0.424 e. The second kappa shape index (κ2) is 13.3. The fraction of sp³-hybridized carbons (Fsp3) is 0.429. The maximum absolute atomic E-state index is 16.0. The molecule has 14 heteroatoms. The van der Waals surface area contributed by atoms with Gasteiger partial charge in [-0.05, 0) is 85.4 Å². The van der Waals surface area contributed by atoms with E-state index in [0.29, 0.717) is 46.5 Å². The van der Waals surface area contributed by atoms with E-state index in [1.807, 2.05) is 24.8 Å². The number of hydrogen-bond donors (Lipinski definition) is 1. The predicted molar refractivity (Wildman–Crippen MR) is 186 cm³/mol. The van der Waals surface area contributed by atoms with Crippen LogP contribution in [0.1, 0.15) is 66.6 Å². The summed E-state index contributed by atoms with van der Waals surface area (Å²) in [7, 11) is 0. The number of nitrogens with zero attached hydrogens (tertiary/aromatic N) is 6. The lowest BCUT2D eigenvalue weighted by Gasteiger charge is -2.29. The van der Waals surface area contributed by atoms with E-state index in [1.54, 1.807) is 65.3 Å². The van der Waals surface area contributed by atoms with Gasteiger partial charge in [0.15, 0.2) is 5.82 Å². The Morgan fingerprint density at radius 2 is 1.63 bits per heavy atom. The van der Waals surface area contributed by atoms with Gasteiger partial charge in [-0.25, -0.2) is 19.0 Å². The van der Waals surface area contributed by atoms with Gasteiger partial charge in [0.05, 0.1) is 16.9 Å². The molecule has 0 bridgehead atoms. The summed E-state index contributed by atoms with van der Waals surface area (Å²) in [5.41, 5.74) is -0.119. The van der Waals surface area contributed by atoms with Gasteiger partial charge in [-0.2, -0.15) is 10.00 Å². The predicted octanol–water partition coefficient (Wildman–Crippen LogP) is 7.81. The number of imide groups is 1. The van der Waals surface area contributed by atoms with Crippen LogP contribution in [0, 0.1) is 12.7 Å². The molecular weight excluding hydrogens is 653 g/mol. The fourth-order valence-electron chi connectivity index (χ4n) is 5.50. The number of aromatic nitrogens is 4. The first kappa shape index (κ1) is 35.5. The second-order valence-corrected chi connectivity index (χ2v) is 14.6. The normalized spacial score (nSPS) is 13.7.